The van der Waals surface area contributed by atoms with Crippen LogP contribution >= 0.6 is 69.6 Å². The van der Waals surface area contributed by atoms with Crippen molar-refractivity contribution in [3.63, 3.8) is 0 Å². The summed E-state index contributed by atoms with van der Waals surface area (Å²) < 4.78 is 169. The number of carbonyl (C=O) groups excluding carboxylic acids is 7. The van der Waals surface area contributed by atoms with Crippen LogP contribution in [0.5, 0.6) is 0 Å². The van der Waals surface area contributed by atoms with Crippen LogP contribution in [0.15, 0.2) is 152 Å². The standard InChI is InChI=1S/C17H12ClF2N3O3.C15H10ClF2N3O2.3C15H10ClF2N3O.C15H11ClFN3O/c1-7(24)23-6-5-8-3-4-9(11(19)16(8)23)14-12(20)13(21)10(18)15(22-14)17(25)26-2;1-23-15(22)14-8(16)11(19)10(18)13(21-14)7-3-2-6-4-5-20-12(6)9(7)17;1-6(22)13-10(16)12(19)11(18)15(21-13)8-4-7-2-3-20-14(7)9(17)5-8;2*1-6(22)13-9(16)12(19)11(18)15(21-13)8-3-2-7-4-5-20-14(7)10(8)17;1-7(21)14-11(16)13(18)12(17)15(20-14)9-3-2-8-4-5-19-10(8)6-9/h3-6H,1-2H3,(H2,21,22);2-5,20H,1H3,(H2,19,21);3*2-5,20H,1H3,(H2,19,21);2-6,19H,1H3,(H2,18,20). The lowest BCUT2D eigenvalue weighted by molar-refractivity contribution is 0.0585. The zero-order valence-electron chi connectivity index (χ0n) is 70.6. The first-order chi connectivity index (χ1) is 64.4. The monoisotopic (exact) mass is 1980 g/mol. The van der Waals surface area contributed by atoms with E-state index in [-0.39, 0.29) is 143 Å². The zero-order chi connectivity index (χ0) is 99.1. The molecule has 0 saturated carbocycles. The molecule has 0 aliphatic rings. The van der Waals surface area contributed by atoms with Crippen molar-refractivity contribution >= 4 is 210 Å². The number of hydrogen-bond acceptors (Lipinski definition) is 21. The topological polar surface area (TPSA) is 455 Å². The van der Waals surface area contributed by atoms with Crippen LogP contribution in [-0.4, -0.2) is 115 Å². The number of nitrogens with two attached hydrogens (primary N) is 6. The summed E-state index contributed by atoms with van der Waals surface area (Å²) in [5.74, 6) is -13.2. The van der Waals surface area contributed by atoms with Crippen molar-refractivity contribution in [2.45, 2.75) is 34.6 Å². The highest BCUT2D eigenvalue weighted by Gasteiger charge is 2.32. The highest BCUT2D eigenvalue weighted by Crippen LogP contribution is 2.43. The van der Waals surface area contributed by atoms with E-state index in [0.29, 0.717) is 38.0 Å². The number of Topliss-reactive ketones (excluding diaryl/α,β-unsaturated/α-hetero) is 4. The minimum absolute atomic E-state index is 0.0126. The predicted octanol–water partition coefficient (Wildman–Crippen LogP) is 22.8. The Morgan fingerprint density at radius 1 is 0.301 bits per heavy atom. The number of aromatic nitrogens is 12. The van der Waals surface area contributed by atoms with Crippen LogP contribution in [0, 0.1) is 64.0 Å². The summed E-state index contributed by atoms with van der Waals surface area (Å²) in [5, 5.41) is 2.14. The summed E-state index contributed by atoms with van der Waals surface area (Å²) in [6.45, 7) is 6.26. The van der Waals surface area contributed by atoms with Crippen LogP contribution in [-0.2, 0) is 9.47 Å². The highest BCUT2D eigenvalue weighted by molar-refractivity contribution is 6.39. The molecular formula is C92H63Cl6F11N18O9. The number of ether oxygens (including phenoxy) is 2. The number of methoxy groups -OCH3 is 2. The van der Waals surface area contributed by atoms with E-state index in [1.807, 2.05) is 12.1 Å². The molecule has 0 amide bonds. The van der Waals surface area contributed by atoms with Gasteiger partial charge in [0.2, 0.25) is 5.91 Å². The molecular weight excluding hydrogens is 1920 g/mol. The molecule has 0 radical (unpaired) electrons. The molecule has 12 heterocycles. The van der Waals surface area contributed by atoms with E-state index < -0.39 is 144 Å². The summed E-state index contributed by atoms with van der Waals surface area (Å²) in [4.78, 5) is 119. The van der Waals surface area contributed by atoms with Crippen molar-refractivity contribution in [3.8, 4) is 67.5 Å². The SMILES string of the molecule is CC(=O)c1nc(-c2cc(F)c3[nH]ccc3c2)c(F)c(N)c1Cl.CC(=O)c1nc(-c2ccc3cc[nH]c3c2)c(F)c(N)c1Cl.CC(=O)c1nc(-c2ccc3cc[nH]c3c2F)c(F)c(N)c1Cl.CC(=O)c1nc(-c2ccc3cc[nH]c3c2F)c(F)c(N)c1Cl.COC(=O)c1nc(-c2ccc3cc[nH]c3c2F)c(F)c(N)c1Cl.COC(=O)c1nc(-c2ccc3ccn(C(C)=O)c3c2F)c(F)c(N)c1Cl. The molecule has 44 heteroatoms. The van der Waals surface area contributed by atoms with Gasteiger partial charge in [-0.2, -0.15) is 0 Å². The van der Waals surface area contributed by atoms with Gasteiger partial charge in [0.15, 0.2) is 92.7 Å². The molecule has 0 bridgehead atoms. The Morgan fingerprint density at radius 3 is 0.941 bits per heavy atom. The van der Waals surface area contributed by atoms with Gasteiger partial charge in [0.1, 0.15) is 62.8 Å². The molecule has 0 unspecified atom stereocenters. The number of anilines is 6. The lowest BCUT2D eigenvalue weighted by Gasteiger charge is -2.12. The molecule has 0 atom stereocenters. The Labute approximate surface area is 787 Å². The third-order valence-corrected chi connectivity index (χ3v) is 22.9. The molecule has 18 aromatic rings. The molecule has 0 fully saturated rings. The number of esters is 2. The molecule has 6 aromatic carbocycles. The molecule has 0 aliphatic carbocycles. The predicted molar refractivity (Wildman–Crippen MR) is 498 cm³/mol. The lowest BCUT2D eigenvalue weighted by Crippen LogP contribution is -2.11. The van der Waals surface area contributed by atoms with E-state index in [4.69, 9.17) is 104 Å². The number of hydrogen-bond donors (Lipinski definition) is 11. The van der Waals surface area contributed by atoms with Crippen molar-refractivity contribution in [2.75, 3.05) is 48.6 Å². The number of aromatic amines is 5. The second-order valence-corrected chi connectivity index (χ2v) is 31.4. The summed E-state index contributed by atoms with van der Waals surface area (Å²) in [5.41, 5.74) is 29.6. The zero-order valence-corrected chi connectivity index (χ0v) is 75.2. The van der Waals surface area contributed by atoms with Gasteiger partial charge in [0, 0.05) is 138 Å². The van der Waals surface area contributed by atoms with E-state index in [2.05, 4.69) is 64.3 Å². The molecule has 136 heavy (non-hydrogen) atoms. The summed E-state index contributed by atoms with van der Waals surface area (Å²) in [6, 6.07) is 29.8. The molecule has 0 aliphatic heterocycles. The fourth-order valence-electron chi connectivity index (χ4n) is 13.8. The largest absolute Gasteiger partial charge is 0.464 e. The number of H-pyrrole nitrogens is 5. The van der Waals surface area contributed by atoms with Gasteiger partial charge in [0.05, 0.1) is 106 Å². The van der Waals surface area contributed by atoms with Crippen LogP contribution in [0.4, 0.5) is 82.4 Å². The third-order valence-electron chi connectivity index (χ3n) is 20.6. The van der Waals surface area contributed by atoms with Crippen LogP contribution in [0.2, 0.25) is 30.1 Å². The Kier molecular flexibility index (Phi) is 28.7. The van der Waals surface area contributed by atoms with E-state index >= 15 is 4.39 Å². The molecule has 694 valence electrons. The highest BCUT2D eigenvalue weighted by atomic mass is 35.5. The van der Waals surface area contributed by atoms with E-state index in [9.17, 15) is 77.5 Å². The van der Waals surface area contributed by atoms with Gasteiger partial charge in [0.25, 0.3) is 0 Å². The number of carbonyl (C=O) groups is 7. The van der Waals surface area contributed by atoms with Gasteiger partial charge < -0.3 is 68.8 Å². The minimum atomic E-state index is -1.08. The number of fused-ring (bicyclic) bond motifs is 6. The molecule has 0 saturated heterocycles. The minimum Gasteiger partial charge on any atom is -0.464 e. The Bertz CT molecular complexity index is 7890. The normalized spacial score (nSPS) is 11.0. The van der Waals surface area contributed by atoms with Gasteiger partial charge in [-0.15, -0.1) is 0 Å². The van der Waals surface area contributed by atoms with Gasteiger partial charge in [-0.3, -0.25) is 28.5 Å². The van der Waals surface area contributed by atoms with Crippen molar-refractivity contribution in [2.24, 2.45) is 0 Å². The van der Waals surface area contributed by atoms with Gasteiger partial charge in [-0.1, -0.05) is 106 Å². The number of benzene rings is 6. The van der Waals surface area contributed by atoms with E-state index in [1.54, 1.807) is 97.7 Å². The van der Waals surface area contributed by atoms with Gasteiger partial charge >= 0.3 is 11.9 Å². The Morgan fingerprint density at radius 2 is 0.588 bits per heavy atom. The number of halogens is 17. The number of nitrogens with one attached hydrogen (secondary N) is 5. The fraction of sp³-hybridized carbons (Fsp3) is 0.0761. The number of nitrogen functional groups attached to an aromatic ring is 6. The van der Waals surface area contributed by atoms with Crippen LogP contribution in [0.1, 0.15) is 102 Å². The second-order valence-electron chi connectivity index (χ2n) is 29.2. The average molecular weight is 1990 g/mol. The first-order valence-electron chi connectivity index (χ1n) is 38.9. The maximum Gasteiger partial charge on any atom is 0.358 e. The molecule has 17 N–H and O–H groups in total. The van der Waals surface area contributed by atoms with Gasteiger partial charge in [-0.05, 0) is 84.2 Å². The summed E-state index contributed by atoms with van der Waals surface area (Å²) in [6.07, 6.45) is 9.45. The first-order valence-corrected chi connectivity index (χ1v) is 41.2. The molecule has 27 nitrogen and oxygen atoms in total. The second kappa shape index (κ2) is 39.7. The smallest absolute Gasteiger partial charge is 0.358 e. The molecule has 18 rings (SSSR count). The van der Waals surface area contributed by atoms with Crippen LogP contribution in [0.25, 0.3) is 133 Å². The van der Waals surface area contributed by atoms with Crippen molar-refractivity contribution < 1.29 is 91.3 Å². The maximum absolute atomic E-state index is 15.1. The van der Waals surface area contributed by atoms with Crippen molar-refractivity contribution in [3.05, 3.63) is 281 Å². The lowest BCUT2D eigenvalue weighted by atomic mass is 10.1. The van der Waals surface area contributed by atoms with Crippen molar-refractivity contribution in [1.29, 1.82) is 0 Å². The molecule has 12 aromatic heterocycles. The summed E-state index contributed by atoms with van der Waals surface area (Å²) in [7, 11) is 2.21. The van der Waals surface area contributed by atoms with Crippen molar-refractivity contribution in [1.82, 2.24) is 59.4 Å². The van der Waals surface area contributed by atoms with Crippen LogP contribution in [0.3, 0.4) is 0 Å². The number of nitrogens with zero attached hydrogens (tertiary/aromatic N) is 7. The van der Waals surface area contributed by atoms with E-state index in [0.717, 1.165) is 35.8 Å². The average Bonchev–Trinajstić information content (AvgIpc) is 1.30. The van der Waals surface area contributed by atoms with Crippen LogP contribution < -0.4 is 34.4 Å². The first kappa shape index (κ1) is 98.0. The third kappa shape index (κ3) is 18.6. The quantitative estimate of drug-likeness (QED) is 0.0307. The Balaban J connectivity index is 0.000000138. The number of rotatable bonds is 12. The maximum atomic E-state index is 15.1. The Hall–Kier alpha value is -15.5. The fourth-order valence-corrected chi connectivity index (χ4v) is 15.2. The van der Waals surface area contributed by atoms with Gasteiger partial charge in [-0.25, -0.2) is 87.8 Å². The number of ketones is 4. The molecule has 0 spiro atoms. The number of pyridine rings is 6. The summed E-state index contributed by atoms with van der Waals surface area (Å²) >= 11 is 35.0. The van der Waals surface area contributed by atoms with E-state index in [1.165, 1.54) is 71.1 Å².